The smallest absolute Gasteiger partial charge is 0.337 e. The molecule has 0 radical (unpaired) electrons. The number of carbonyl (C=O) groups excluding carboxylic acids is 1. The maximum absolute atomic E-state index is 12.1. The fraction of sp³-hybridized carbons (Fsp3) is 0.286. The van der Waals surface area contributed by atoms with E-state index < -0.39 is 0 Å². The van der Waals surface area contributed by atoms with E-state index in [0.29, 0.717) is 22.1 Å². The molecule has 20 heavy (non-hydrogen) atoms. The predicted octanol–water partition coefficient (Wildman–Crippen LogP) is 2.70. The van der Waals surface area contributed by atoms with Crippen LogP contribution in [0.3, 0.4) is 0 Å². The van der Waals surface area contributed by atoms with E-state index in [0.717, 1.165) is 11.3 Å². The van der Waals surface area contributed by atoms with Crippen molar-refractivity contribution in [3.8, 4) is 0 Å². The topological polar surface area (TPSA) is 50.4 Å². The fourth-order valence-corrected chi connectivity index (χ4v) is 2.52. The molecule has 1 aliphatic heterocycles. The van der Waals surface area contributed by atoms with E-state index in [2.05, 4.69) is 10.6 Å². The first-order chi connectivity index (χ1) is 9.56. The van der Waals surface area contributed by atoms with Gasteiger partial charge in [-0.05, 0) is 36.3 Å². The van der Waals surface area contributed by atoms with Gasteiger partial charge < -0.3 is 15.4 Å². The van der Waals surface area contributed by atoms with Gasteiger partial charge in [-0.15, -0.1) is 0 Å². The highest BCUT2D eigenvalue weighted by Gasteiger charge is 2.31. The number of nitrogens with one attached hydrogen (secondary N) is 2. The van der Waals surface area contributed by atoms with Crippen molar-refractivity contribution >= 4 is 34.9 Å². The Balaban J connectivity index is 2.49. The number of ether oxygens (including phenoxy) is 1. The molecule has 106 valence electrons. The molecule has 1 unspecified atom stereocenters. The molecular formula is C14H15ClN2O2S. The summed E-state index contributed by atoms with van der Waals surface area (Å²) in [6, 6.07) is 6.96. The first-order valence-corrected chi connectivity index (χ1v) is 6.99. The van der Waals surface area contributed by atoms with Crippen LogP contribution in [0.1, 0.15) is 24.9 Å². The standard InChI is InChI=1S/C14H15ClN2O2S/c1-3-10-11(13(18)19-2)12(17-14(20)16-10)8-4-6-9(15)7-5-8/h4-7,12H,3H2,1-2H3,(H2,16,17,20). The second-order valence-electron chi connectivity index (χ2n) is 4.32. The highest BCUT2D eigenvalue weighted by atomic mass is 35.5. The molecule has 0 saturated carbocycles. The van der Waals surface area contributed by atoms with Crippen molar-refractivity contribution in [1.82, 2.24) is 10.6 Å². The average Bonchev–Trinajstić information content (AvgIpc) is 2.46. The van der Waals surface area contributed by atoms with Gasteiger partial charge in [-0.1, -0.05) is 30.7 Å². The lowest BCUT2D eigenvalue weighted by Crippen LogP contribution is -2.45. The molecule has 1 aliphatic rings. The molecule has 0 fully saturated rings. The van der Waals surface area contributed by atoms with Gasteiger partial charge in [0, 0.05) is 10.7 Å². The summed E-state index contributed by atoms with van der Waals surface area (Å²) in [6.45, 7) is 1.96. The van der Waals surface area contributed by atoms with Gasteiger partial charge in [-0.3, -0.25) is 0 Å². The number of thiocarbonyl (C=S) groups is 1. The van der Waals surface area contributed by atoms with E-state index in [1.54, 1.807) is 12.1 Å². The summed E-state index contributed by atoms with van der Waals surface area (Å²) in [6.07, 6.45) is 0.663. The molecule has 0 spiro atoms. The largest absolute Gasteiger partial charge is 0.466 e. The minimum Gasteiger partial charge on any atom is -0.466 e. The third kappa shape index (κ3) is 2.94. The summed E-state index contributed by atoms with van der Waals surface area (Å²) in [5.41, 5.74) is 2.23. The summed E-state index contributed by atoms with van der Waals surface area (Å²) < 4.78 is 4.89. The maximum atomic E-state index is 12.1. The predicted molar refractivity (Wildman–Crippen MR) is 82.4 cm³/mol. The number of hydrogen-bond acceptors (Lipinski definition) is 3. The van der Waals surface area contributed by atoms with Gasteiger partial charge in [0.1, 0.15) is 0 Å². The summed E-state index contributed by atoms with van der Waals surface area (Å²) >= 11 is 11.1. The first-order valence-electron chi connectivity index (χ1n) is 6.21. The summed E-state index contributed by atoms with van der Waals surface area (Å²) in [5.74, 6) is -0.371. The molecule has 1 heterocycles. The number of benzene rings is 1. The van der Waals surface area contributed by atoms with Gasteiger partial charge in [0.25, 0.3) is 0 Å². The van der Waals surface area contributed by atoms with Crippen molar-refractivity contribution in [3.63, 3.8) is 0 Å². The van der Waals surface area contributed by atoms with Gasteiger partial charge in [0.2, 0.25) is 0 Å². The van der Waals surface area contributed by atoms with Crippen molar-refractivity contribution < 1.29 is 9.53 Å². The normalized spacial score (nSPS) is 18.4. The van der Waals surface area contributed by atoms with Crippen LogP contribution in [0, 0.1) is 0 Å². The van der Waals surface area contributed by atoms with E-state index in [4.69, 9.17) is 28.6 Å². The number of esters is 1. The summed E-state index contributed by atoms with van der Waals surface area (Å²) in [4.78, 5) is 12.1. The Labute approximate surface area is 128 Å². The fourth-order valence-electron chi connectivity index (χ4n) is 2.15. The minimum absolute atomic E-state index is 0.330. The lowest BCUT2D eigenvalue weighted by atomic mass is 9.94. The Hall–Kier alpha value is -1.59. The van der Waals surface area contributed by atoms with Gasteiger partial charge >= 0.3 is 5.97 Å². The number of methoxy groups -OCH3 is 1. The average molecular weight is 311 g/mol. The van der Waals surface area contributed by atoms with Crippen molar-refractivity contribution in [2.24, 2.45) is 0 Å². The third-order valence-corrected chi connectivity index (χ3v) is 3.59. The zero-order valence-corrected chi connectivity index (χ0v) is 12.8. The monoisotopic (exact) mass is 310 g/mol. The molecule has 0 aliphatic carbocycles. The Morgan fingerprint density at radius 1 is 1.40 bits per heavy atom. The summed E-state index contributed by atoms with van der Waals surface area (Å²) in [7, 11) is 1.37. The number of hydrogen-bond donors (Lipinski definition) is 2. The number of halogens is 1. The summed E-state index contributed by atoms with van der Waals surface area (Å²) in [5, 5.41) is 7.25. The van der Waals surface area contributed by atoms with Crippen LogP contribution in [-0.4, -0.2) is 18.2 Å². The first kappa shape index (κ1) is 14.8. The minimum atomic E-state index is -0.371. The van der Waals surface area contributed by atoms with Crippen LogP contribution in [0.4, 0.5) is 0 Å². The molecule has 0 saturated heterocycles. The van der Waals surface area contributed by atoms with Crippen molar-refractivity contribution in [3.05, 3.63) is 46.1 Å². The van der Waals surface area contributed by atoms with Crippen LogP contribution in [0.2, 0.25) is 5.02 Å². The van der Waals surface area contributed by atoms with E-state index in [9.17, 15) is 4.79 Å². The van der Waals surface area contributed by atoms with Crippen LogP contribution in [0.15, 0.2) is 35.5 Å². The maximum Gasteiger partial charge on any atom is 0.337 e. The van der Waals surface area contributed by atoms with Crippen LogP contribution in [-0.2, 0) is 9.53 Å². The molecule has 0 amide bonds. The van der Waals surface area contributed by atoms with E-state index in [-0.39, 0.29) is 12.0 Å². The highest BCUT2D eigenvalue weighted by Crippen LogP contribution is 2.29. The van der Waals surface area contributed by atoms with Crippen molar-refractivity contribution in [1.29, 1.82) is 0 Å². The van der Waals surface area contributed by atoms with Crippen molar-refractivity contribution in [2.45, 2.75) is 19.4 Å². The second-order valence-corrected chi connectivity index (χ2v) is 5.17. The van der Waals surface area contributed by atoms with Gasteiger partial charge in [-0.25, -0.2) is 4.79 Å². The van der Waals surface area contributed by atoms with E-state index >= 15 is 0 Å². The number of carbonyl (C=O) groups is 1. The molecule has 1 atom stereocenters. The Morgan fingerprint density at radius 3 is 2.60 bits per heavy atom. The highest BCUT2D eigenvalue weighted by molar-refractivity contribution is 7.80. The second kappa shape index (κ2) is 6.24. The number of allylic oxidation sites excluding steroid dienone is 1. The van der Waals surface area contributed by atoms with Gasteiger partial charge in [0.15, 0.2) is 5.11 Å². The molecule has 4 nitrogen and oxygen atoms in total. The van der Waals surface area contributed by atoms with Crippen LogP contribution < -0.4 is 10.6 Å². The molecule has 0 aromatic heterocycles. The zero-order valence-electron chi connectivity index (χ0n) is 11.2. The molecule has 2 N–H and O–H groups in total. The molecule has 1 aromatic carbocycles. The Morgan fingerprint density at radius 2 is 2.05 bits per heavy atom. The van der Waals surface area contributed by atoms with Crippen molar-refractivity contribution in [2.75, 3.05) is 7.11 Å². The Kier molecular flexibility index (Phi) is 4.62. The van der Waals surface area contributed by atoms with Crippen LogP contribution >= 0.6 is 23.8 Å². The van der Waals surface area contributed by atoms with Crippen LogP contribution in [0.25, 0.3) is 0 Å². The lowest BCUT2D eigenvalue weighted by Gasteiger charge is -2.30. The molecule has 2 rings (SSSR count). The molecule has 6 heteroatoms. The quantitative estimate of drug-likeness (QED) is 0.664. The SMILES string of the molecule is CCC1=C(C(=O)OC)C(c2ccc(Cl)cc2)NC(=S)N1. The third-order valence-electron chi connectivity index (χ3n) is 3.12. The van der Waals surface area contributed by atoms with E-state index in [1.807, 2.05) is 19.1 Å². The zero-order chi connectivity index (χ0) is 14.7. The van der Waals surface area contributed by atoms with Gasteiger partial charge in [0.05, 0.1) is 18.7 Å². The lowest BCUT2D eigenvalue weighted by molar-refractivity contribution is -0.136. The van der Waals surface area contributed by atoms with Gasteiger partial charge in [-0.2, -0.15) is 0 Å². The molecule has 1 aromatic rings. The Bertz CT molecular complexity index is 569. The molecule has 0 bridgehead atoms. The number of rotatable bonds is 3. The van der Waals surface area contributed by atoms with E-state index in [1.165, 1.54) is 7.11 Å². The molecular weight excluding hydrogens is 296 g/mol. The van der Waals surface area contributed by atoms with Crippen LogP contribution in [0.5, 0.6) is 0 Å².